The van der Waals surface area contributed by atoms with Crippen molar-refractivity contribution < 1.29 is 4.52 Å². The van der Waals surface area contributed by atoms with E-state index in [9.17, 15) is 0 Å². The van der Waals surface area contributed by atoms with Gasteiger partial charge in [-0.05, 0) is 38.4 Å². The summed E-state index contributed by atoms with van der Waals surface area (Å²) in [6.45, 7) is 4.05. The molecule has 1 fully saturated rings. The maximum Gasteiger partial charge on any atom is 0.244 e. The van der Waals surface area contributed by atoms with Gasteiger partial charge in [0.05, 0.1) is 11.7 Å². The molecule has 3 rings (SSSR count). The van der Waals surface area contributed by atoms with Gasteiger partial charge in [-0.1, -0.05) is 5.16 Å². The van der Waals surface area contributed by atoms with Gasteiger partial charge in [0.1, 0.15) is 0 Å². The molecule has 1 atom stereocenters. The van der Waals surface area contributed by atoms with Gasteiger partial charge in [-0.25, -0.2) is 0 Å². The van der Waals surface area contributed by atoms with Crippen molar-refractivity contribution in [2.75, 3.05) is 6.54 Å². The Morgan fingerprint density at radius 2 is 2.53 bits per heavy atom. The number of nitrogens with one attached hydrogen (secondary N) is 1. The first-order valence-electron chi connectivity index (χ1n) is 6.11. The lowest BCUT2D eigenvalue weighted by molar-refractivity contribution is 0.344. The third-order valence-electron chi connectivity index (χ3n) is 3.20. The average molecular weight is 232 g/mol. The van der Waals surface area contributed by atoms with E-state index in [-0.39, 0.29) is 6.04 Å². The summed E-state index contributed by atoms with van der Waals surface area (Å²) in [6.07, 6.45) is 4.28. The molecule has 0 saturated carbocycles. The lowest BCUT2D eigenvalue weighted by atomic mass is 10.2. The molecule has 0 aliphatic carbocycles. The van der Waals surface area contributed by atoms with E-state index in [0.29, 0.717) is 11.7 Å². The summed E-state index contributed by atoms with van der Waals surface area (Å²) >= 11 is 0. The highest BCUT2D eigenvalue weighted by Gasteiger charge is 2.23. The fourth-order valence-corrected chi connectivity index (χ4v) is 2.27. The molecule has 0 bridgehead atoms. The van der Waals surface area contributed by atoms with Crippen molar-refractivity contribution in [3.63, 3.8) is 0 Å². The fourth-order valence-electron chi connectivity index (χ4n) is 2.27. The summed E-state index contributed by atoms with van der Waals surface area (Å²) in [4.78, 5) is 4.48. The van der Waals surface area contributed by atoms with Crippen LogP contribution in [0.3, 0.4) is 0 Å². The summed E-state index contributed by atoms with van der Waals surface area (Å²) in [6, 6.07) is 4.25. The van der Waals surface area contributed by atoms with Gasteiger partial charge in [-0.15, -0.1) is 0 Å². The standard InChI is InChI=1S/C12H16N4O/c1-2-16-8-4-6-10(16)11-14-12(17-15-11)9-5-3-7-13-9/h4,6,8-9,13H,2-3,5,7H2,1H3/t9-/m1/s1. The minimum Gasteiger partial charge on any atom is -0.345 e. The van der Waals surface area contributed by atoms with E-state index in [2.05, 4.69) is 26.9 Å². The van der Waals surface area contributed by atoms with E-state index in [1.54, 1.807) is 0 Å². The normalized spacial score (nSPS) is 19.9. The van der Waals surface area contributed by atoms with Gasteiger partial charge in [0.2, 0.25) is 11.7 Å². The second-order valence-corrected chi connectivity index (χ2v) is 4.28. The van der Waals surface area contributed by atoms with Crippen LogP contribution in [0.15, 0.2) is 22.9 Å². The Kier molecular flexibility index (Phi) is 2.68. The maximum absolute atomic E-state index is 5.33. The third kappa shape index (κ3) is 1.86. The van der Waals surface area contributed by atoms with Gasteiger partial charge in [0.25, 0.3) is 0 Å². The Labute approximate surface area is 99.8 Å². The van der Waals surface area contributed by atoms with Gasteiger partial charge < -0.3 is 14.4 Å². The minimum absolute atomic E-state index is 0.237. The average Bonchev–Trinajstić information content (AvgIpc) is 3.09. The Morgan fingerprint density at radius 3 is 3.29 bits per heavy atom. The van der Waals surface area contributed by atoms with E-state index in [0.717, 1.165) is 25.2 Å². The summed E-state index contributed by atoms with van der Waals surface area (Å²) < 4.78 is 7.44. The predicted molar refractivity (Wildman–Crippen MR) is 63.4 cm³/mol. The Balaban J connectivity index is 1.89. The minimum atomic E-state index is 0.237. The van der Waals surface area contributed by atoms with Gasteiger partial charge in [0, 0.05) is 12.7 Å². The number of aryl methyl sites for hydroxylation is 1. The maximum atomic E-state index is 5.33. The van der Waals surface area contributed by atoms with Gasteiger partial charge in [0.15, 0.2) is 0 Å². The van der Waals surface area contributed by atoms with E-state index in [1.807, 2.05) is 18.3 Å². The lowest BCUT2D eigenvalue weighted by Crippen LogP contribution is -2.13. The van der Waals surface area contributed by atoms with Gasteiger partial charge >= 0.3 is 0 Å². The van der Waals surface area contributed by atoms with Crippen LogP contribution >= 0.6 is 0 Å². The summed E-state index contributed by atoms with van der Waals surface area (Å²) in [5, 5.41) is 7.42. The first-order chi connectivity index (χ1) is 8.38. The second kappa shape index (κ2) is 4.33. The van der Waals surface area contributed by atoms with Gasteiger partial charge in [-0.2, -0.15) is 4.98 Å². The Morgan fingerprint density at radius 1 is 1.59 bits per heavy atom. The predicted octanol–water partition coefficient (Wildman–Crippen LogP) is 1.98. The van der Waals surface area contributed by atoms with Crippen LogP contribution in [0.4, 0.5) is 0 Å². The van der Waals surface area contributed by atoms with Crippen LogP contribution < -0.4 is 5.32 Å². The van der Waals surface area contributed by atoms with E-state index in [1.165, 1.54) is 6.42 Å². The monoisotopic (exact) mass is 232 g/mol. The molecule has 0 spiro atoms. The number of hydrogen-bond donors (Lipinski definition) is 1. The summed E-state index contributed by atoms with van der Waals surface area (Å²) in [7, 11) is 0. The fraction of sp³-hybridized carbons (Fsp3) is 0.500. The lowest BCUT2D eigenvalue weighted by Gasteiger charge is -2.02. The van der Waals surface area contributed by atoms with Crippen molar-refractivity contribution in [3.8, 4) is 11.5 Å². The molecule has 0 radical (unpaired) electrons. The third-order valence-corrected chi connectivity index (χ3v) is 3.20. The first kappa shape index (κ1) is 10.5. The highest BCUT2D eigenvalue weighted by Crippen LogP contribution is 2.24. The van der Waals surface area contributed by atoms with E-state index in [4.69, 9.17) is 4.52 Å². The van der Waals surface area contributed by atoms with Crippen molar-refractivity contribution in [3.05, 3.63) is 24.2 Å². The Hall–Kier alpha value is -1.62. The van der Waals surface area contributed by atoms with Gasteiger partial charge in [-0.3, -0.25) is 0 Å². The second-order valence-electron chi connectivity index (χ2n) is 4.28. The highest BCUT2D eigenvalue weighted by atomic mass is 16.5. The van der Waals surface area contributed by atoms with Crippen molar-refractivity contribution in [2.45, 2.75) is 32.4 Å². The van der Waals surface area contributed by atoms with E-state index >= 15 is 0 Å². The molecule has 1 aliphatic rings. The SMILES string of the molecule is CCn1cccc1-c1noc([C@H]2CCCN2)n1. The van der Waals surface area contributed by atoms with Crippen LogP contribution in [-0.2, 0) is 6.54 Å². The van der Waals surface area contributed by atoms with Crippen molar-refractivity contribution in [2.24, 2.45) is 0 Å². The molecule has 0 amide bonds. The topological polar surface area (TPSA) is 55.9 Å². The molecule has 5 heteroatoms. The largest absolute Gasteiger partial charge is 0.345 e. The highest BCUT2D eigenvalue weighted by molar-refractivity contribution is 5.49. The molecule has 90 valence electrons. The zero-order valence-electron chi connectivity index (χ0n) is 9.89. The van der Waals surface area contributed by atoms with Crippen molar-refractivity contribution in [1.29, 1.82) is 0 Å². The summed E-state index contributed by atoms with van der Waals surface area (Å²) in [5.74, 6) is 1.39. The number of nitrogens with zero attached hydrogens (tertiary/aromatic N) is 3. The molecule has 1 aliphatic heterocycles. The molecular weight excluding hydrogens is 216 g/mol. The van der Waals surface area contributed by atoms with Crippen LogP contribution in [0.2, 0.25) is 0 Å². The van der Waals surface area contributed by atoms with E-state index < -0.39 is 0 Å². The Bertz CT molecular complexity index is 496. The molecule has 0 aromatic carbocycles. The molecule has 1 saturated heterocycles. The molecule has 2 aromatic rings. The van der Waals surface area contributed by atoms with Crippen LogP contribution in [-0.4, -0.2) is 21.3 Å². The summed E-state index contributed by atoms with van der Waals surface area (Å²) in [5.41, 5.74) is 1.01. The van der Waals surface area contributed by atoms with Crippen LogP contribution in [0, 0.1) is 0 Å². The molecule has 2 aromatic heterocycles. The zero-order valence-corrected chi connectivity index (χ0v) is 9.89. The van der Waals surface area contributed by atoms with Crippen molar-refractivity contribution in [1.82, 2.24) is 20.0 Å². The molecule has 0 unspecified atom stereocenters. The number of rotatable bonds is 3. The van der Waals surface area contributed by atoms with Crippen LogP contribution in [0.5, 0.6) is 0 Å². The molecular formula is C12H16N4O. The number of hydrogen-bond acceptors (Lipinski definition) is 4. The zero-order chi connectivity index (χ0) is 11.7. The first-order valence-corrected chi connectivity index (χ1v) is 6.11. The van der Waals surface area contributed by atoms with Crippen molar-refractivity contribution >= 4 is 0 Å². The quantitative estimate of drug-likeness (QED) is 0.879. The molecule has 5 nitrogen and oxygen atoms in total. The van der Waals surface area contributed by atoms with Crippen LogP contribution in [0.1, 0.15) is 31.7 Å². The molecule has 3 heterocycles. The molecule has 17 heavy (non-hydrogen) atoms. The smallest absolute Gasteiger partial charge is 0.244 e. The van der Waals surface area contributed by atoms with Crippen LogP contribution in [0.25, 0.3) is 11.5 Å². The number of aromatic nitrogens is 3. The molecule has 1 N–H and O–H groups in total.